The number of hydrogen-bond donors (Lipinski definition) is 1. The van der Waals surface area contributed by atoms with Gasteiger partial charge >= 0.3 is 0 Å². The molecule has 2 aromatic carbocycles. The van der Waals surface area contributed by atoms with E-state index in [1.54, 1.807) is 36.4 Å². The van der Waals surface area contributed by atoms with Crippen molar-refractivity contribution in [3.05, 3.63) is 69.8 Å². The number of carbonyl (C=O) groups excluding carboxylic acids is 2. The first-order chi connectivity index (χ1) is 11.5. The summed E-state index contributed by atoms with van der Waals surface area (Å²) in [7, 11) is 0. The molecule has 1 N–H and O–H groups in total. The molecule has 1 fully saturated rings. The lowest BCUT2D eigenvalue weighted by Gasteiger charge is -2.14. The Kier molecular flexibility index (Phi) is 4.87. The molecule has 1 aliphatic heterocycles. The quantitative estimate of drug-likeness (QED) is 0.808. The molecule has 0 aromatic heterocycles. The lowest BCUT2D eigenvalue weighted by molar-refractivity contribution is -0.122. The van der Waals surface area contributed by atoms with Crippen molar-refractivity contribution in [2.75, 3.05) is 12.0 Å². The van der Waals surface area contributed by atoms with Crippen LogP contribution in [0.15, 0.2) is 53.4 Å². The maximum absolute atomic E-state index is 13.2. The van der Waals surface area contributed by atoms with Crippen LogP contribution in [-0.4, -0.2) is 22.7 Å². The molecule has 0 atom stereocenters. The van der Waals surface area contributed by atoms with E-state index >= 15 is 0 Å². The minimum atomic E-state index is -0.413. The number of anilines is 1. The van der Waals surface area contributed by atoms with Crippen molar-refractivity contribution in [1.29, 1.82) is 0 Å². The van der Waals surface area contributed by atoms with Crippen LogP contribution in [0.5, 0.6) is 0 Å². The van der Waals surface area contributed by atoms with Gasteiger partial charge in [-0.25, -0.2) is 4.39 Å². The van der Waals surface area contributed by atoms with E-state index in [-0.39, 0.29) is 16.8 Å². The summed E-state index contributed by atoms with van der Waals surface area (Å²) in [6.45, 7) is 0.0332. The minimum Gasteiger partial charge on any atom is -0.367 e. The molecule has 0 spiro atoms. The van der Waals surface area contributed by atoms with Crippen LogP contribution < -0.4 is 5.32 Å². The number of thioether (sulfide) groups is 1. The molecule has 24 heavy (non-hydrogen) atoms. The standard InChI is InChI=1S/C17H12ClFN2O2S/c18-12-4-2-6-14(9-12)20-10-21-16(22)15(24-17(21)23)8-11-3-1-5-13(19)7-11/h1-9,20H,10H2/b15-8-. The molecule has 1 heterocycles. The van der Waals surface area contributed by atoms with E-state index in [2.05, 4.69) is 5.32 Å². The van der Waals surface area contributed by atoms with E-state index in [4.69, 9.17) is 11.6 Å². The van der Waals surface area contributed by atoms with Crippen molar-refractivity contribution in [3.8, 4) is 0 Å². The Morgan fingerprint density at radius 1 is 1.17 bits per heavy atom. The Morgan fingerprint density at radius 3 is 2.71 bits per heavy atom. The predicted octanol–water partition coefficient (Wildman–Crippen LogP) is 4.59. The van der Waals surface area contributed by atoms with Crippen molar-refractivity contribution >= 4 is 46.3 Å². The van der Waals surface area contributed by atoms with E-state index in [1.165, 1.54) is 18.2 Å². The Bertz CT molecular complexity index is 841. The molecular weight excluding hydrogens is 351 g/mol. The first-order valence-electron chi connectivity index (χ1n) is 7.03. The highest BCUT2D eigenvalue weighted by Crippen LogP contribution is 2.32. The third-order valence-corrected chi connectivity index (χ3v) is 4.43. The molecule has 2 aromatic rings. The van der Waals surface area contributed by atoms with Crippen LogP contribution in [0, 0.1) is 5.82 Å². The topological polar surface area (TPSA) is 49.4 Å². The van der Waals surface area contributed by atoms with Crippen LogP contribution in [0.1, 0.15) is 5.56 Å². The second-order valence-electron chi connectivity index (χ2n) is 5.01. The Balaban J connectivity index is 1.72. The van der Waals surface area contributed by atoms with Gasteiger partial charge in [0.25, 0.3) is 11.1 Å². The van der Waals surface area contributed by atoms with Gasteiger partial charge in [-0.3, -0.25) is 14.5 Å². The summed E-state index contributed by atoms with van der Waals surface area (Å²) < 4.78 is 13.2. The number of halogens is 2. The number of hydrogen-bond acceptors (Lipinski definition) is 4. The van der Waals surface area contributed by atoms with Crippen LogP contribution in [0.3, 0.4) is 0 Å². The first-order valence-corrected chi connectivity index (χ1v) is 8.23. The fraction of sp³-hybridized carbons (Fsp3) is 0.0588. The lowest BCUT2D eigenvalue weighted by atomic mass is 10.2. The van der Waals surface area contributed by atoms with Crippen LogP contribution in [0.25, 0.3) is 6.08 Å². The summed E-state index contributed by atoms with van der Waals surface area (Å²) in [5, 5.41) is 3.16. The fourth-order valence-corrected chi connectivity index (χ4v) is 3.18. The van der Waals surface area contributed by atoms with Gasteiger partial charge < -0.3 is 5.32 Å². The van der Waals surface area contributed by atoms with Gasteiger partial charge in [0.2, 0.25) is 0 Å². The monoisotopic (exact) mass is 362 g/mol. The number of rotatable bonds is 4. The highest BCUT2D eigenvalue weighted by Gasteiger charge is 2.34. The van der Waals surface area contributed by atoms with Crippen molar-refractivity contribution in [2.24, 2.45) is 0 Å². The highest BCUT2D eigenvalue weighted by molar-refractivity contribution is 8.18. The van der Waals surface area contributed by atoms with Crippen LogP contribution in [-0.2, 0) is 4.79 Å². The molecule has 0 aliphatic carbocycles. The van der Waals surface area contributed by atoms with E-state index in [0.29, 0.717) is 16.3 Å². The van der Waals surface area contributed by atoms with Gasteiger partial charge in [0.05, 0.1) is 11.6 Å². The van der Waals surface area contributed by atoms with Crippen LogP contribution in [0.4, 0.5) is 14.9 Å². The molecule has 0 bridgehead atoms. The number of carbonyl (C=O) groups is 2. The molecule has 0 saturated carbocycles. The molecule has 1 saturated heterocycles. The van der Waals surface area contributed by atoms with Crippen molar-refractivity contribution in [1.82, 2.24) is 4.90 Å². The van der Waals surface area contributed by atoms with E-state index in [9.17, 15) is 14.0 Å². The second kappa shape index (κ2) is 7.07. The lowest BCUT2D eigenvalue weighted by Crippen LogP contribution is -2.33. The minimum absolute atomic E-state index is 0.0332. The Hall–Kier alpha value is -2.31. The number of nitrogens with zero attached hydrogens (tertiary/aromatic N) is 1. The summed E-state index contributed by atoms with van der Waals surface area (Å²) in [6.07, 6.45) is 1.51. The zero-order valence-corrected chi connectivity index (χ0v) is 13.9. The predicted molar refractivity (Wildman–Crippen MR) is 94.2 cm³/mol. The SMILES string of the molecule is O=C1S/C(=C\c2cccc(F)c2)C(=O)N1CNc1cccc(Cl)c1. The zero-order chi connectivity index (χ0) is 17.1. The molecule has 2 amide bonds. The number of amides is 2. The molecular formula is C17H12ClFN2O2S. The maximum atomic E-state index is 13.2. The fourth-order valence-electron chi connectivity index (χ4n) is 2.15. The number of nitrogens with one attached hydrogen (secondary N) is 1. The third kappa shape index (κ3) is 3.77. The summed E-state index contributed by atoms with van der Waals surface area (Å²) in [6, 6.07) is 12.8. The smallest absolute Gasteiger partial charge is 0.295 e. The van der Waals surface area contributed by atoms with E-state index in [1.807, 2.05) is 0 Å². The summed E-state index contributed by atoms with van der Waals surface area (Å²) >= 11 is 6.72. The molecule has 122 valence electrons. The van der Waals surface area contributed by atoms with Gasteiger partial charge in [-0.15, -0.1) is 0 Å². The zero-order valence-electron chi connectivity index (χ0n) is 12.3. The van der Waals surface area contributed by atoms with E-state index < -0.39 is 11.7 Å². The normalized spacial score (nSPS) is 16.1. The summed E-state index contributed by atoms with van der Waals surface area (Å²) in [5.74, 6) is -0.811. The third-order valence-electron chi connectivity index (χ3n) is 3.29. The number of benzene rings is 2. The van der Waals surface area contributed by atoms with Crippen molar-refractivity contribution in [3.63, 3.8) is 0 Å². The van der Waals surface area contributed by atoms with Gasteiger partial charge in [0.1, 0.15) is 5.82 Å². The molecule has 0 radical (unpaired) electrons. The average molecular weight is 363 g/mol. The largest absolute Gasteiger partial charge is 0.367 e. The molecule has 7 heteroatoms. The Morgan fingerprint density at radius 2 is 1.96 bits per heavy atom. The van der Waals surface area contributed by atoms with Crippen molar-refractivity contribution in [2.45, 2.75) is 0 Å². The highest BCUT2D eigenvalue weighted by atomic mass is 35.5. The summed E-state index contributed by atoms with van der Waals surface area (Å²) in [4.78, 5) is 25.7. The molecule has 3 rings (SSSR count). The summed E-state index contributed by atoms with van der Waals surface area (Å²) in [5.41, 5.74) is 1.24. The average Bonchev–Trinajstić information content (AvgIpc) is 2.79. The van der Waals surface area contributed by atoms with Gasteiger partial charge in [0.15, 0.2) is 0 Å². The van der Waals surface area contributed by atoms with Crippen molar-refractivity contribution < 1.29 is 14.0 Å². The first kappa shape index (κ1) is 16.5. The number of imide groups is 1. The van der Waals surface area contributed by atoms with E-state index in [0.717, 1.165) is 16.7 Å². The van der Waals surface area contributed by atoms with Crippen LogP contribution in [0.2, 0.25) is 5.02 Å². The van der Waals surface area contributed by atoms with Gasteiger partial charge in [-0.1, -0.05) is 29.8 Å². The van der Waals surface area contributed by atoms with Gasteiger partial charge in [-0.2, -0.15) is 0 Å². The van der Waals surface area contributed by atoms with Gasteiger partial charge in [0, 0.05) is 10.7 Å². The van der Waals surface area contributed by atoms with Gasteiger partial charge in [-0.05, 0) is 53.7 Å². The van der Waals surface area contributed by atoms with Crippen LogP contribution >= 0.6 is 23.4 Å². The molecule has 0 unspecified atom stereocenters. The Labute approximate surface area is 147 Å². The molecule has 1 aliphatic rings. The second-order valence-corrected chi connectivity index (χ2v) is 6.44. The molecule has 4 nitrogen and oxygen atoms in total. The maximum Gasteiger partial charge on any atom is 0.295 e.